The van der Waals surface area contributed by atoms with Crippen LogP contribution >= 0.6 is 0 Å². The largest absolute Gasteiger partial charge is 0.490 e. The highest BCUT2D eigenvalue weighted by Crippen LogP contribution is 2.44. The molecule has 1 aromatic rings. The third kappa shape index (κ3) is 2.59. The molecule has 1 aliphatic rings. The smallest absolute Gasteiger partial charge is 0.311 e. The Balaban J connectivity index is 2.68. The summed E-state index contributed by atoms with van der Waals surface area (Å²) in [5, 5.41) is 11.2. The van der Waals surface area contributed by atoms with Gasteiger partial charge in [0.1, 0.15) is 0 Å². The van der Waals surface area contributed by atoms with Crippen molar-refractivity contribution in [2.45, 2.75) is 19.8 Å². The second kappa shape index (κ2) is 6.00. The molecular formula is C14H16N2O6. The molecule has 0 radical (unpaired) electrons. The highest BCUT2D eigenvalue weighted by atomic mass is 16.6. The molecule has 0 saturated heterocycles. The van der Waals surface area contributed by atoms with E-state index in [0.717, 1.165) is 0 Å². The molecule has 1 heterocycles. The third-order valence-corrected chi connectivity index (χ3v) is 3.61. The van der Waals surface area contributed by atoms with Crippen molar-refractivity contribution in [1.29, 1.82) is 0 Å². The van der Waals surface area contributed by atoms with Crippen LogP contribution in [0.4, 0.5) is 11.4 Å². The van der Waals surface area contributed by atoms with Crippen molar-refractivity contribution in [2.75, 3.05) is 25.7 Å². The molecule has 22 heavy (non-hydrogen) atoms. The molecule has 1 aromatic carbocycles. The van der Waals surface area contributed by atoms with Gasteiger partial charge in [-0.3, -0.25) is 19.7 Å². The number of fused-ring (bicyclic) bond motifs is 1. The van der Waals surface area contributed by atoms with Crippen LogP contribution in [-0.2, 0) is 27.2 Å². The van der Waals surface area contributed by atoms with Crippen LogP contribution < -0.4 is 9.64 Å². The zero-order valence-corrected chi connectivity index (χ0v) is 12.5. The lowest BCUT2D eigenvalue weighted by Gasteiger charge is -2.19. The topological polar surface area (TPSA) is 99.0 Å². The highest BCUT2D eigenvalue weighted by molar-refractivity contribution is 5.97. The zero-order chi connectivity index (χ0) is 16.4. The van der Waals surface area contributed by atoms with E-state index in [1.165, 1.54) is 32.1 Å². The van der Waals surface area contributed by atoms with E-state index in [-0.39, 0.29) is 23.8 Å². The van der Waals surface area contributed by atoms with Gasteiger partial charge in [0.25, 0.3) is 0 Å². The maximum atomic E-state index is 11.8. The summed E-state index contributed by atoms with van der Waals surface area (Å²) in [4.78, 5) is 35.5. The zero-order valence-electron chi connectivity index (χ0n) is 12.5. The van der Waals surface area contributed by atoms with Gasteiger partial charge >= 0.3 is 11.7 Å². The average Bonchev–Trinajstić information content (AvgIpc) is 2.91. The van der Waals surface area contributed by atoms with E-state index in [9.17, 15) is 19.7 Å². The lowest BCUT2D eigenvalue weighted by Crippen LogP contribution is -2.27. The van der Waals surface area contributed by atoms with E-state index in [0.29, 0.717) is 29.8 Å². The lowest BCUT2D eigenvalue weighted by molar-refractivity contribution is -0.385. The van der Waals surface area contributed by atoms with Gasteiger partial charge in [-0.25, -0.2) is 0 Å². The number of nitrogens with zero attached hydrogens (tertiary/aromatic N) is 2. The fourth-order valence-electron chi connectivity index (χ4n) is 2.70. The summed E-state index contributed by atoms with van der Waals surface area (Å²) in [5.74, 6) is -0.588. The number of ether oxygens (including phenoxy) is 2. The minimum absolute atomic E-state index is 0.136. The summed E-state index contributed by atoms with van der Waals surface area (Å²) in [6.45, 7) is 1.81. The van der Waals surface area contributed by atoms with Crippen molar-refractivity contribution < 1.29 is 24.0 Å². The van der Waals surface area contributed by atoms with Crippen molar-refractivity contribution in [3.8, 4) is 5.75 Å². The van der Waals surface area contributed by atoms with E-state index in [2.05, 4.69) is 4.74 Å². The van der Waals surface area contributed by atoms with Gasteiger partial charge in [-0.2, -0.15) is 0 Å². The monoisotopic (exact) mass is 308 g/mol. The van der Waals surface area contributed by atoms with Gasteiger partial charge in [-0.1, -0.05) is 0 Å². The predicted molar refractivity (Wildman–Crippen MR) is 77.1 cm³/mol. The van der Waals surface area contributed by atoms with Crippen molar-refractivity contribution in [3.05, 3.63) is 27.3 Å². The molecule has 2 rings (SSSR count). The molecule has 8 nitrogen and oxygen atoms in total. The summed E-state index contributed by atoms with van der Waals surface area (Å²) in [5.41, 5.74) is 1.26. The minimum atomic E-state index is -0.559. The van der Waals surface area contributed by atoms with Crippen LogP contribution in [-0.4, -0.2) is 37.6 Å². The Morgan fingerprint density at radius 2 is 2.09 bits per heavy atom. The second-order valence-electron chi connectivity index (χ2n) is 4.85. The van der Waals surface area contributed by atoms with Gasteiger partial charge in [-0.15, -0.1) is 0 Å². The quantitative estimate of drug-likeness (QED) is 0.471. The van der Waals surface area contributed by atoms with E-state index < -0.39 is 10.9 Å². The molecule has 0 bridgehead atoms. The van der Waals surface area contributed by atoms with E-state index in [1.54, 1.807) is 0 Å². The number of nitro benzene ring substituents is 1. The van der Waals surface area contributed by atoms with Gasteiger partial charge in [0.2, 0.25) is 11.7 Å². The standard InChI is InChI=1S/C14H16N2O6/c1-8(17)15-5-4-10-13(15)9(7-12(18)21-2)6-11(16(19)20)14(10)22-3/h6H,4-5,7H2,1-3H3. The number of nitro groups is 1. The fourth-order valence-corrected chi connectivity index (χ4v) is 2.70. The van der Waals surface area contributed by atoms with Gasteiger partial charge in [0.05, 0.1) is 31.3 Å². The molecule has 0 aromatic heterocycles. The van der Waals surface area contributed by atoms with Crippen molar-refractivity contribution in [2.24, 2.45) is 0 Å². The molecule has 0 fully saturated rings. The summed E-state index contributed by atoms with van der Waals surface area (Å²) < 4.78 is 9.79. The molecule has 0 atom stereocenters. The summed E-state index contributed by atoms with van der Waals surface area (Å²) >= 11 is 0. The first-order valence-electron chi connectivity index (χ1n) is 6.62. The van der Waals surface area contributed by atoms with Crippen LogP contribution in [0.15, 0.2) is 6.07 Å². The van der Waals surface area contributed by atoms with Gasteiger partial charge in [-0.05, 0) is 12.0 Å². The summed E-state index contributed by atoms with van der Waals surface area (Å²) in [7, 11) is 2.59. The maximum Gasteiger partial charge on any atom is 0.311 e. The Morgan fingerprint density at radius 1 is 1.41 bits per heavy atom. The van der Waals surface area contributed by atoms with E-state index in [4.69, 9.17) is 4.74 Å². The number of amides is 1. The van der Waals surface area contributed by atoms with Gasteiger partial charge in [0, 0.05) is 25.1 Å². The molecule has 1 aliphatic heterocycles. The average molecular weight is 308 g/mol. The van der Waals surface area contributed by atoms with Crippen molar-refractivity contribution in [1.82, 2.24) is 0 Å². The van der Waals surface area contributed by atoms with Crippen LogP contribution in [0.5, 0.6) is 5.75 Å². The van der Waals surface area contributed by atoms with Gasteiger partial charge < -0.3 is 14.4 Å². The normalized spacial score (nSPS) is 12.8. The van der Waals surface area contributed by atoms with Crippen LogP contribution in [0.3, 0.4) is 0 Å². The maximum absolute atomic E-state index is 11.8. The minimum Gasteiger partial charge on any atom is -0.490 e. The number of esters is 1. The number of hydrogen-bond donors (Lipinski definition) is 0. The van der Waals surface area contributed by atoms with E-state index >= 15 is 0 Å². The first kappa shape index (κ1) is 15.7. The Morgan fingerprint density at radius 3 is 2.59 bits per heavy atom. The number of anilines is 1. The predicted octanol–water partition coefficient (Wildman–Crippen LogP) is 1.23. The van der Waals surface area contributed by atoms with Crippen LogP contribution in [0.25, 0.3) is 0 Å². The Bertz CT molecular complexity index is 655. The molecular weight excluding hydrogens is 292 g/mol. The first-order valence-corrected chi connectivity index (χ1v) is 6.62. The molecule has 0 saturated carbocycles. The van der Waals surface area contributed by atoms with Crippen molar-refractivity contribution >= 4 is 23.3 Å². The molecule has 0 unspecified atom stereocenters. The summed E-state index contributed by atoms with van der Waals surface area (Å²) in [6, 6.07) is 1.27. The number of carbonyl (C=O) groups is 2. The lowest BCUT2D eigenvalue weighted by atomic mass is 10.0. The first-order chi connectivity index (χ1) is 10.4. The van der Waals surface area contributed by atoms with E-state index in [1.807, 2.05) is 0 Å². The Kier molecular flexibility index (Phi) is 4.30. The molecule has 0 N–H and O–H groups in total. The molecule has 0 aliphatic carbocycles. The van der Waals surface area contributed by atoms with Crippen LogP contribution in [0, 0.1) is 10.1 Å². The van der Waals surface area contributed by atoms with Crippen molar-refractivity contribution in [3.63, 3.8) is 0 Å². The van der Waals surface area contributed by atoms with Crippen LogP contribution in [0.1, 0.15) is 18.1 Å². The number of hydrogen-bond acceptors (Lipinski definition) is 6. The molecule has 118 valence electrons. The van der Waals surface area contributed by atoms with Gasteiger partial charge in [0.15, 0.2) is 0 Å². The second-order valence-corrected chi connectivity index (χ2v) is 4.85. The number of benzene rings is 1. The number of methoxy groups -OCH3 is 2. The number of carbonyl (C=O) groups excluding carboxylic acids is 2. The third-order valence-electron chi connectivity index (χ3n) is 3.61. The van der Waals surface area contributed by atoms with Crippen LogP contribution in [0.2, 0.25) is 0 Å². The Labute approximate surface area is 126 Å². The fraction of sp³-hybridized carbons (Fsp3) is 0.429. The molecule has 1 amide bonds. The SMILES string of the molecule is COC(=O)Cc1cc([N+](=O)[O-])c(OC)c2c1N(C(C)=O)CC2. The number of rotatable bonds is 4. The molecule has 8 heteroatoms. The molecule has 0 spiro atoms. The summed E-state index contributed by atoms with van der Waals surface area (Å²) in [6.07, 6.45) is 0.293. The Hall–Kier alpha value is -2.64. The highest BCUT2D eigenvalue weighted by Gasteiger charge is 2.34.